The van der Waals surface area contributed by atoms with Gasteiger partial charge < -0.3 is 0 Å². The monoisotopic (exact) mass is 1100 g/mol. The van der Waals surface area contributed by atoms with Gasteiger partial charge in [0.1, 0.15) is 0 Å². The number of nitrogens with zero attached hydrogens (tertiary/aromatic N) is 4. The van der Waals surface area contributed by atoms with Crippen LogP contribution in [0.1, 0.15) is 81.0 Å². The first-order valence-corrected chi connectivity index (χ1v) is 26.2. The second kappa shape index (κ2) is 17.5. The van der Waals surface area contributed by atoms with Gasteiger partial charge in [-0.3, -0.25) is 0 Å². The molecule has 2 aliphatic carbocycles. The number of pyridine rings is 1. The third-order valence-electron chi connectivity index (χ3n) is 15.0. The Morgan fingerprint density at radius 3 is 2.08 bits per heavy atom. The molecule has 3 heterocycles. The molecule has 0 spiro atoms. The SMILES string of the molecule is CC(C)(C)c1ccnc(-n2c3[c-]c(Oc4[c-]c(-n5[c](=[Pt])n(-c6c(-c7ccccc7)cc7c(c6-c6ccccc6)Cc6ccccc6-7)c6ccccc65)ccc4)ccc3c3cc(C4CCCCC4)ccc32)c1. The number of fused-ring (bicyclic) bond motifs is 7. The topological polar surface area (TPSA) is 36.9 Å². The van der Waals surface area contributed by atoms with E-state index in [1.807, 2.05) is 12.3 Å². The Labute approximate surface area is 426 Å². The van der Waals surface area contributed by atoms with E-state index in [9.17, 15) is 0 Å². The van der Waals surface area contributed by atoms with Crippen molar-refractivity contribution < 1.29 is 24.1 Å². The molecule has 0 N–H and O–H groups in total. The average Bonchev–Trinajstić information content (AvgIpc) is 4.04. The Balaban J connectivity index is 0.960. The first-order valence-electron chi connectivity index (χ1n) is 25.0. The van der Waals surface area contributed by atoms with E-state index in [4.69, 9.17) is 9.72 Å². The first kappa shape index (κ1) is 43.7. The Hall–Kier alpha value is -7.33. The van der Waals surface area contributed by atoms with Crippen molar-refractivity contribution in [2.24, 2.45) is 0 Å². The number of benzene rings is 8. The molecule has 3 aromatic heterocycles. The zero-order valence-corrected chi connectivity index (χ0v) is 42.4. The van der Waals surface area contributed by atoms with Crippen molar-refractivity contribution >= 4 is 32.8 Å². The van der Waals surface area contributed by atoms with E-state index in [-0.39, 0.29) is 5.41 Å². The minimum atomic E-state index is -0.0340. The predicted molar refractivity (Wildman–Crippen MR) is 286 cm³/mol. The maximum absolute atomic E-state index is 6.84. The molecule has 0 saturated heterocycles. The molecule has 13 rings (SSSR count). The summed E-state index contributed by atoms with van der Waals surface area (Å²) in [4.78, 5) is 4.99. The fraction of sp³-hybridized carbons (Fsp3) is 0.169. The van der Waals surface area contributed by atoms with Crippen molar-refractivity contribution in [1.82, 2.24) is 18.7 Å². The van der Waals surface area contributed by atoms with Gasteiger partial charge in [-0.25, -0.2) is 0 Å². The summed E-state index contributed by atoms with van der Waals surface area (Å²) in [5.41, 5.74) is 19.0. The van der Waals surface area contributed by atoms with E-state index in [1.54, 1.807) is 0 Å². The average molecular weight is 1100 g/mol. The predicted octanol–water partition coefficient (Wildman–Crippen LogP) is 16.6. The van der Waals surface area contributed by atoms with Gasteiger partial charge in [-0.15, -0.1) is 0 Å². The Morgan fingerprint density at radius 2 is 1.30 bits per heavy atom. The third kappa shape index (κ3) is 7.56. The number of aromatic nitrogens is 4. The zero-order valence-electron chi connectivity index (χ0n) is 40.2. The fourth-order valence-electron chi connectivity index (χ4n) is 11.5. The second-order valence-corrected chi connectivity index (χ2v) is 21.3. The molecule has 0 radical (unpaired) electrons. The van der Waals surface area contributed by atoms with Crippen LogP contribution in [0.5, 0.6) is 11.5 Å². The van der Waals surface area contributed by atoms with Crippen molar-refractivity contribution in [1.29, 1.82) is 0 Å². The van der Waals surface area contributed by atoms with Crippen LogP contribution in [0.15, 0.2) is 182 Å². The summed E-state index contributed by atoms with van der Waals surface area (Å²) in [6, 6.07) is 71.3. The molecule has 8 aromatic carbocycles. The van der Waals surface area contributed by atoms with Crippen molar-refractivity contribution in [2.75, 3.05) is 0 Å². The van der Waals surface area contributed by atoms with Gasteiger partial charge in [0.15, 0.2) is 0 Å². The zero-order chi connectivity index (χ0) is 47.8. The Kier molecular flexibility index (Phi) is 10.8. The van der Waals surface area contributed by atoms with Crippen LogP contribution in [0.25, 0.3) is 83.4 Å². The van der Waals surface area contributed by atoms with Crippen molar-refractivity contribution in [3.63, 3.8) is 0 Å². The summed E-state index contributed by atoms with van der Waals surface area (Å²) in [5, 5.41) is 2.37. The number of rotatable bonds is 8. The van der Waals surface area contributed by atoms with Crippen molar-refractivity contribution in [3.05, 3.63) is 220 Å². The molecule has 350 valence electrons. The molecule has 2 aliphatic rings. The van der Waals surface area contributed by atoms with E-state index in [0.29, 0.717) is 17.4 Å². The minimum absolute atomic E-state index is 0.0340. The number of imidazole rings is 1. The summed E-state index contributed by atoms with van der Waals surface area (Å²) < 4.78 is 14.9. The van der Waals surface area contributed by atoms with Gasteiger partial charge >= 0.3 is 335 Å². The normalized spacial score (nSPS) is 13.8. The second-order valence-electron chi connectivity index (χ2n) is 20.3. The summed E-state index contributed by atoms with van der Waals surface area (Å²) in [5.74, 6) is 2.71. The molecule has 11 aromatic rings. The molecule has 5 nitrogen and oxygen atoms in total. The van der Waals surface area contributed by atoms with Crippen molar-refractivity contribution in [3.8, 4) is 62.1 Å². The van der Waals surface area contributed by atoms with Crippen LogP contribution in [0.2, 0.25) is 0 Å². The molecule has 0 atom stereocenters. The molecule has 0 bridgehead atoms. The third-order valence-corrected chi connectivity index (χ3v) is 16.0. The van der Waals surface area contributed by atoms with Gasteiger partial charge in [-0.2, -0.15) is 0 Å². The molecule has 1 fully saturated rings. The van der Waals surface area contributed by atoms with Crippen LogP contribution in [0.4, 0.5) is 0 Å². The van der Waals surface area contributed by atoms with Crippen LogP contribution in [-0.2, 0) is 31.2 Å². The van der Waals surface area contributed by atoms with Gasteiger partial charge in [0, 0.05) is 6.20 Å². The van der Waals surface area contributed by atoms with E-state index >= 15 is 0 Å². The van der Waals surface area contributed by atoms with Crippen molar-refractivity contribution in [2.45, 2.75) is 70.6 Å². The standard InChI is InChI=1S/C65H52N4O.Pt/c1-65(2,3)48-34-35-66-62(38-48)69-58-33-30-46(43-18-7-4-8-19-43)36-56(58)53-32-31-51(40-61(53)69)70-50-26-17-25-49(39-50)67-42-68(60-29-16-15-28-59(60)67)64-54(44-20-9-5-10-21-44)41-55-52-27-14-13-24-47(52)37-57(55)63(64)45-22-11-6-12-23-45;/h5-6,9-17,20-36,38,41,43H,4,7-8,18-19,37H2,1-3H3;/q-2;. The van der Waals surface area contributed by atoms with Crippen LogP contribution in [0.3, 0.4) is 0 Å². The van der Waals surface area contributed by atoms with E-state index < -0.39 is 0 Å². The van der Waals surface area contributed by atoms with Crippen LogP contribution in [0, 0.1) is 15.9 Å². The summed E-state index contributed by atoms with van der Waals surface area (Å²) in [6.45, 7) is 6.76. The quantitative estimate of drug-likeness (QED) is 0.142. The number of ether oxygens (including phenoxy) is 1. The Bertz CT molecular complexity index is 3920. The maximum atomic E-state index is 6.84. The summed E-state index contributed by atoms with van der Waals surface area (Å²) in [7, 11) is 0. The first-order chi connectivity index (χ1) is 34.8. The van der Waals surface area contributed by atoms with Gasteiger partial charge in [0.25, 0.3) is 0 Å². The van der Waals surface area contributed by atoms with Crippen LogP contribution < -0.4 is 4.74 Å². The number of para-hydroxylation sites is 2. The molecule has 0 unspecified atom stereocenters. The van der Waals surface area contributed by atoms with Gasteiger partial charge in [-0.05, 0) is 41.4 Å². The molecular weight excluding hydrogens is 1050 g/mol. The summed E-state index contributed by atoms with van der Waals surface area (Å²) >= 11 is 2.53. The Morgan fingerprint density at radius 1 is 0.577 bits per heavy atom. The van der Waals surface area contributed by atoms with Gasteiger partial charge in [-0.1, -0.05) is 46.1 Å². The molecular formula is C65H52N4OPt-2. The van der Waals surface area contributed by atoms with E-state index in [1.165, 1.54) is 93.1 Å². The molecule has 0 amide bonds. The summed E-state index contributed by atoms with van der Waals surface area (Å²) in [6.07, 6.45) is 9.25. The van der Waals surface area contributed by atoms with E-state index in [2.05, 4.69) is 236 Å². The molecule has 0 aliphatic heterocycles. The molecule has 71 heavy (non-hydrogen) atoms. The van der Waals surface area contributed by atoms with E-state index in [0.717, 1.165) is 54.9 Å². The fourth-order valence-corrected chi connectivity index (χ4v) is 12.6. The van der Waals surface area contributed by atoms with Crippen LogP contribution >= 0.6 is 0 Å². The van der Waals surface area contributed by atoms with Gasteiger partial charge in [0.2, 0.25) is 0 Å². The van der Waals surface area contributed by atoms with Crippen LogP contribution in [-0.4, -0.2) is 18.7 Å². The molecule has 6 heteroatoms. The number of hydrogen-bond donors (Lipinski definition) is 0. The van der Waals surface area contributed by atoms with Gasteiger partial charge in [0.05, 0.1) is 0 Å². The molecule has 1 saturated carbocycles. The number of hydrogen-bond acceptors (Lipinski definition) is 2.